The van der Waals surface area contributed by atoms with Crippen LogP contribution in [0, 0.1) is 5.92 Å². The van der Waals surface area contributed by atoms with Crippen molar-refractivity contribution in [2.45, 2.75) is 50.2 Å². The van der Waals surface area contributed by atoms with E-state index < -0.39 is 31.6 Å². The molecule has 2 N–H and O–H groups in total. The molecule has 2 amide bonds. The van der Waals surface area contributed by atoms with Crippen LogP contribution in [0.2, 0.25) is 18.6 Å². The molecule has 4 aromatic rings. The minimum absolute atomic E-state index is 0.111. The molecule has 3 aromatic carbocycles. The lowest BCUT2D eigenvalue weighted by Gasteiger charge is -2.31. The van der Waals surface area contributed by atoms with E-state index in [0.29, 0.717) is 27.8 Å². The Morgan fingerprint density at radius 2 is 1.85 bits per heavy atom. The highest BCUT2D eigenvalue weighted by atomic mass is 28.4. The smallest absolute Gasteiger partial charge is 0.279 e. The number of hydrogen-bond donors (Lipinski definition) is 2. The molecule has 46 heavy (non-hydrogen) atoms. The minimum Gasteiger partial charge on any atom is -0.395 e. The molecule has 0 radical (unpaired) electrons. The normalized spacial score (nSPS) is 22.5. The zero-order chi connectivity index (χ0) is 32.8. The average molecular weight is 643 g/mol. The second-order valence-corrected chi connectivity index (χ2v) is 16.5. The van der Waals surface area contributed by atoms with Crippen LogP contribution < -0.4 is 10.5 Å². The lowest BCUT2D eigenvalue weighted by atomic mass is 9.82. The molecule has 4 atom stereocenters. The SMILES string of the molecule is C=CCN1C(=O)[C@]2(O[C@H](CC(=O)N(CCO)Cc3ccccc3)[C@@H]([Si](C)(C)F)[C@@H]2C)c2cc(-n3[nH]c4ccccc4c3=O)ccc21. The predicted molar refractivity (Wildman–Crippen MR) is 178 cm³/mol. The van der Waals surface area contributed by atoms with Gasteiger partial charge in [0.2, 0.25) is 14.3 Å². The van der Waals surface area contributed by atoms with Crippen molar-refractivity contribution in [1.82, 2.24) is 14.7 Å². The van der Waals surface area contributed by atoms with Crippen LogP contribution >= 0.6 is 0 Å². The Kier molecular flexibility index (Phi) is 8.34. The Labute approximate surface area is 268 Å². The van der Waals surface area contributed by atoms with Gasteiger partial charge in [-0.25, -0.2) is 4.68 Å². The minimum atomic E-state index is -3.54. The molecule has 1 aromatic heterocycles. The maximum Gasteiger partial charge on any atom is 0.279 e. The summed E-state index contributed by atoms with van der Waals surface area (Å²) in [6.45, 7) is 9.23. The summed E-state index contributed by atoms with van der Waals surface area (Å²) in [6, 6.07) is 22.0. The van der Waals surface area contributed by atoms with Crippen molar-refractivity contribution in [3.63, 3.8) is 0 Å². The first-order chi connectivity index (χ1) is 22.0. The zero-order valence-electron chi connectivity index (χ0n) is 26.3. The first-order valence-electron chi connectivity index (χ1n) is 15.6. The van der Waals surface area contributed by atoms with Crippen LogP contribution in [0.5, 0.6) is 0 Å². The number of halogens is 1. The molecule has 0 unspecified atom stereocenters. The fourth-order valence-corrected chi connectivity index (χ4v) is 9.94. The van der Waals surface area contributed by atoms with Crippen molar-refractivity contribution in [2.75, 3.05) is 24.6 Å². The number of anilines is 1. The highest BCUT2D eigenvalue weighted by Crippen LogP contribution is 2.60. The molecule has 3 heterocycles. The molecule has 0 bridgehead atoms. The van der Waals surface area contributed by atoms with Crippen molar-refractivity contribution in [1.29, 1.82) is 0 Å². The summed E-state index contributed by atoms with van der Waals surface area (Å²) in [7, 11) is -3.54. The van der Waals surface area contributed by atoms with Crippen LogP contribution in [-0.4, -0.2) is 65.8 Å². The summed E-state index contributed by atoms with van der Waals surface area (Å²) in [5.41, 5.74) is 0.708. The van der Waals surface area contributed by atoms with E-state index in [9.17, 15) is 19.5 Å². The topological polar surface area (TPSA) is 108 Å². The number of nitrogens with one attached hydrogen (secondary N) is 1. The third-order valence-electron chi connectivity index (χ3n) is 9.42. The number of H-pyrrole nitrogens is 1. The number of fused-ring (bicyclic) bond motifs is 3. The van der Waals surface area contributed by atoms with Gasteiger partial charge >= 0.3 is 0 Å². The molecule has 0 saturated carbocycles. The van der Waals surface area contributed by atoms with Gasteiger partial charge in [0.1, 0.15) is 0 Å². The molecule has 6 rings (SSSR count). The predicted octanol–water partition coefficient (Wildman–Crippen LogP) is 5.04. The molecule has 2 aliphatic rings. The van der Waals surface area contributed by atoms with E-state index in [-0.39, 0.29) is 50.0 Å². The summed E-state index contributed by atoms with van der Waals surface area (Å²) in [5.74, 6) is -1.25. The number of aliphatic hydroxyl groups is 1. The maximum absolute atomic E-state index is 16.3. The lowest BCUT2D eigenvalue weighted by Crippen LogP contribution is -2.45. The van der Waals surface area contributed by atoms with Crippen molar-refractivity contribution in [3.05, 3.63) is 107 Å². The summed E-state index contributed by atoms with van der Waals surface area (Å²) < 4.78 is 24.5. The lowest BCUT2D eigenvalue weighted by molar-refractivity contribution is -0.149. The molecule has 2 aliphatic heterocycles. The van der Waals surface area contributed by atoms with Gasteiger partial charge < -0.3 is 23.8 Å². The Morgan fingerprint density at radius 3 is 2.52 bits per heavy atom. The molecule has 11 heteroatoms. The third kappa shape index (κ3) is 5.22. The summed E-state index contributed by atoms with van der Waals surface area (Å²) in [6.07, 6.45) is 0.597. The van der Waals surface area contributed by atoms with Gasteiger partial charge in [-0.2, -0.15) is 0 Å². The Bertz CT molecular complexity index is 1850. The molecule has 240 valence electrons. The number of aromatic nitrogens is 2. The molecule has 1 fully saturated rings. The number of amides is 2. The fraction of sp³-hybridized carbons (Fsp3) is 0.343. The molecule has 1 spiro atoms. The highest BCUT2D eigenvalue weighted by Gasteiger charge is 2.67. The van der Waals surface area contributed by atoms with Crippen LogP contribution in [-0.2, 0) is 26.5 Å². The van der Waals surface area contributed by atoms with E-state index in [0.717, 1.165) is 5.56 Å². The third-order valence-corrected chi connectivity index (χ3v) is 11.9. The fourth-order valence-electron chi connectivity index (χ4n) is 7.44. The molecule has 0 aliphatic carbocycles. The Hall–Kier alpha value is -4.32. The Balaban J connectivity index is 1.42. The first-order valence-corrected chi connectivity index (χ1v) is 18.5. The number of carbonyl (C=O) groups is 2. The molecular formula is C35H39FN4O5Si. The van der Waals surface area contributed by atoms with Gasteiger partial charge in [-0.15, -0.1) is 6.58 Å². The van der Waals surface area contributed by atoms with Crippen LogP contribution in [0.25, 0.3) is 16.6 Å². The van der Waals surface area contributed by atoms with Gasteiger partial charge in [-0.3, -0.25) is 19.5 Å². The van der Waals surface area contributed by atoms with Crippen molar-refractivity contribution < 1.29 is 23.5 Å². The van der Waals surface area contributed by atoms with Crippen LogP contribution in [0.3, 0.4) is 0 Å². The van der Waals surface area contributed by atoms with E-state index in [1.807, 2.05) is 49.4 Å². The first kappa shape index (κ1) is 31.7. The van der Waals surface area contributed by atoms with Gasteiger partial charge in [0.05, 0.1) is 41.4 Å². The van der Waals surface area contributed by atoms with E-state index in [1.165, 1.54) is 4.68 Å². The maximum atomic E-state index is 16.3. The monoisotopic (exact) mass is 642 g/mol. The van der Waals surface area contributed by atoms with Gasteiger partial charge in [0.15, 0.2) is 5.60 Å². The molecule has 1 saturated heterocycles. The number of benzene rings is 3. The second-order valence-electron chi connectivity index (χ2n) is 12.7. The van der Waals surface area contributed by atoms with Gasteiger partial charge in [-0.1, -0.05) is 55.5 Å². The van der Waals surface area contributed by atoms with Gasteiger partial charge in [-0.05, 0) is 49.0 Å². The van der Waals surface area contributed by atoms with Crippen molar-refractivity contribution in [2.24, 2.45) is 5.92 Å². The zero-order valence-corrected chi connectivity index (χ0v) is 27.3. The van der Waals surface area contributed by atoms with Crippen LogP contribution in [0.4, 0.5) is 9.80 Å². The van der Waals surface area contributed by atoms with E-state index in [1.54, 1.807) is 59.3 Å². The number of para-hydroxylation sites is 1. The number of hydrogen-bond acceptors (Lipinski definition) is 5. The highest BCUT2D eigenvalue weighted by molar-refractivity contribution is 6.72. The van der Waals surface area contributed by atoms with Gasteiger partial charge in [0, 0.05) is 36.7 Å². The Morgan fingerprint density at radius 1 is 1.13 bits per heavy atom. The largest absolute Gasteiger partial charge is 0.395 e. The van der Waals surface area contributed by atoms with Crippen LogP contribution in [0.15, 0.2) is 90.2 Å². The number of ether oxygens (including phenoxy) is 1. The number of aliphatic hydroxyl groups excluding tert-OH is 1. The van der Waals surface area contributed by atoms with Crippen LogP contribution in [0.1, 0.15) is 24.5 Å². The van der Waals surface area contributed by atoms with E-state index in [4.69, 9.17) is 4.74 Å². The summed E-state index contributed by atoms with van der Waals surface area (Å²) in [4.78, 5) is 44.8. The number of aromatic amines is 1. The standard InChI is InChI=1S/C35H39FN4O5Si/c1-5-17-39-29-16-15-25(40-33(43)26-13-9-10-14-28(26)37-40)20-27(29)35(34(39)44)23(2)32(46(3,4)36)30(45-35)21-31(42)38(18-19-41)22-24-11-7-6-8-12-24/h5-16,20,23,30,32,37,41H,1,17-19,21-22H2,2-4H3/t23-,30+,32-,35+/m0/s1. The van der Waals surface area contributed by atoms with Gasteiger partial charge in [0.25, 0.3) is 11.5 Å². The van der Waals surface area contributed by atoms with Crippen molar-refractivity contribution in [3.8, 4) is 5.69 Å². The molecular weight excluding hydrogens is 603 g/mol. The quantitative estimate of drug-likeness (QED) is 0.143. The number of nitrogens with zero attached hydrogens (tertiary/aromatic N) is 3. The number of carbonyl (C=O) groups excluding carboxylic acids is 2. The second kappa shape index (κ2) is 12.1. The van der Waals surface area contributed by atoms with E-state index >= 15 is 4.11 Å². The average Bonchev–Trinajstić information content (AvgIpc) is 3.61. The van der Waals surface area contributed by atoms with E-state index in [2.05, 4.69) is 11.7 Å². The summed E-state index contributed by atoms with van der Waals surface area (Å²) >= 11 is 0. The summed E-state index contributed by atoms with van der Waals surface area (Å²) in [5, 5.41) is 13.4. The van der Waals surface area contributed by atoms with Crippen molar-refractivity contribution >= 4 is 36.8 Å². The molecule has 9 nitrogen and oxygen atoms in total. The number of rotatable bonds is 10.